The van der Waals surface area contributed by atoms with Crippen molar-refractivity contribution < 1.29 is 19.1 Å². The van der Waals surface area contributed by atoms with Gasteiger partial charge >= 0.3 is 5.97 Å². The molecule has 2 heterocycles. The number of amides is 1. The van der Waals surface area contributed by atoms with E-state index in [0.717, 1.165) is 28.0 Å². The van der Waals surface area contributed by atoms with Gasteiger partial charge < -0.3 is 19.4 Å². The average molecular weight is 386 g/mol. The Kier molecular flexibility index (Phi) is 6.13. The molecule has 0 atom stereocenters. The number of hydrogen-bond acceptors (Lipinski definition) is 5. The van der Waals surface area contributed by atoms with Gasteiger partial charge in [-0.2, -0.15) is 0 Å². The van der Waals surface area contributed by atoms with Gasteiger partial charge in [0.2, 0.25) is 5.91 Å². The molecule has 2 aromatic heterocycles. The second-order valence-corrected chi connectivity index (χ2v) is 6.95. The molecule has 6 nitrogen and oxygen atoms in total. The lowest BCUT2D eigenvalue weighted by atomic mass is 10.2. The first-order valence-electron chi connectivity index (χ1n) is 8.76. The number of nitrogens with one attached hydrogen (secondary N) is 1. The number of fused-ring (bicyclic) bond motifs is 1. The van der Waals surface area contributed by atoms with E-state index in [-0.39, 0.29) is 12.5 Å². The van der Waals surface area contributed by atoms with E-state index in [1.54, 1.807) is 10.6 Å². The number of methoxy groups -OCH3 is 1. The summed E-state index contributed by atoms with van der Waals surface area (Å²) in [6.45, 7) is 3.22. The Morgan fingerprint density at radius 2 is 1.96 bits per heavy atom. The lowest BCUT2D eigenvalue weighted by molar-refractivity contribution is -0.121. The zero-order valence-corrected chi connectivity index (χ0v) is 16.2. The lowest BCUT2D eigenvalue weighted by Gasteiger charge is -2.10. The van der Waals surface area contributed by atoms with Gasteiger partial charge in [-0.3, -0.25) is 4.79 Å². The fourth-order valence-corrected chi connectivity index (χ4v) is 3.63. The molecule has 7 heteroatoms. The molecule has 0 aliphatic rings. The number of carbonyl (C=O) groups excluding carboxylic acids is 2. The maximum absolute atomic E-state index is 12.4. The molecule has 0 aliphatic carbocycles. The van der Waals surface area contributed by atoms with E-state index in [2.05, 4.69) is 12.2 Å². The Morgan fingerprint density at radius 1 is 1.19 bits per heavy atom. The highest BCUT2D eigenvalue weighted by molar-refractivity contribution is 7.16. The van der Waals surface area contributed by atoms with Crippen LogP contribution in [0.25, 0.3) is 10.2 Å². The van der Waals surface area contributed by atoms with E-state index in [9.17, 15) is 9.59 Å². The van der Waals surface area contributed by atoms with Crippen LogP contribution >= 0.6 is 11.3 Å². The molecule has 0 spiro atoms. The van der Waals surface area contributed by atoms with Crippen LogP contribution in [0.2, 0.25) is 0 Å². The van der Waals surface area contributed by atoms with Crippen LogP contribution in [0.1, 0.15) is 29.4 Å². The molecule has 0 saturated carbocycles. The summed E-state index contributed by atoms with van der Waals surface area (Å²) in [5, 5.41) is 5.75. The number of benzene rings is 1. The maximum Gasteiger partial charge on any atom is 0.354 e. The molecule has 0 unspecified atom stereocenters. The minimum Gasteiger partial charge on any atom is -0.494 e. The van der Waals surface area contributed by atoms with E-state index >= 15 is 0 Å². The normalized spacial score (nSPS) is 10.7. The van der Waals surface area contributed by atoms with Crippen molar-refractivity contribution in [3.63, 3.8) is 0 Å². The number of esters is 1. The van der Waals surface area contributed by atoms with E-state index < -0.39 is 5.97 Å². The Morgan fingerprint density at radius 3 is 2.67 bits per heavy atom. The van der Waals surface area contributed by atoms with Crippen LogP contribution in [0.5, 0.6) is 5.75 Å². The third-order valence-electron chi connectivity index (χ3n) is 4.08. The van der Waals surface area contributed by atoms with E-state index in [4.69, 9.17) is 9.47 Å². The summed E-state index contributed by atoms with van der Waals surface area (Å²) in [6.07, 6.45) is 0.961. The fourth-order valence-electron chi connectivity index (χ4n) is 2.73. The minimum absolute atomic E-state index is 0.0616. The van der Waals surface area contributed by atoms with Crippen LogP contribution in [0.4, 0.5) is 0 Å². The molecule has 1 aromatic carbocycles. The van der Waals surface area contributed by atoms with Crippen molar-refractivity contribution in [3.8, 4) is 5.75 Å². The van der Waals surface area contributed by atoms with Gasteiger partial charge in [0, 0.05) is 11.9 Å². The van der Waals surface area contributed by atoms with Crippen molar-refractivity contribution in [2.75, 3.05) is 13.7 Å². The van der Waals surface area contributed by atoms with Crippen LogP contribution in [0.3, 0.4) is 0 Å². The highest BCUT2D eigenvalue weighted by Gasteiger charge is 2.18. The molecule has 0 bridgehead atoms. The molecule has 0 fully saturated rings. The SMILES string of the molecule is CCCOc1ccc(CNC(=O)Cn2c(C(=O)OC)cc3ccsc32)cc1. The first-order valence-corrected chi connectivity index (χ1v) is 9.63. The summed E-state index contributed by atoms with van der Waals surface area (Å²) in [7, 11) is 1.34. The number of rotatable bonds is 8. The number of aromatic nitrogens is 1. The Hall–Kier alpha value is -2.80. The molecule has 27 heavy (non-hydrogen) atoms. The molecule has 1 amide bonds. The molecule has 142 valence electrons. The fraction of sp³-hybridized carbons (Fsp3) is 0.300. The minimum atomic E-state index is -0.450. The molecule has 0 aliphatic heterocycles. The zero-order chi connectivity index (χ0) is 19.2. The molecule has 3 aromatic rings. The summed E-state index contributed by atoms with van der Waals surface area (Å²) in [5.74, 6) is 0.202. The number of hydrogen-bond donors (Lipinski definition) is 1. The second-order valence-electron chi connectivity index (χ2n) is 6.06. The van der Waals surface area contributed by atoms with Crippen molar-refractivity contribution in [1.82, 2.24) is 9.88 Å². The standard InChI is InChI=1S/C20H22N2O4S/c1-3-9-26-16-6-4-14(5-7-16)12-21-18(23)13-22-17(20(24)25-2)11-15-8-10-27-19(15)22/h4-8,10-11H,3,9,12-13H2,1-2H3,(H,21,23). The molecular weight excluding hydrogens is 364 g/mol. The predicted octanol–water partition coefficient (Wildman–Crippen LogP) is 3.59. The first-order chi connectivity index (χ1) is 13.1. The van der Waals surface area contributed by atoms with Crippen LogP contribution in [-0.2, 0) is 22.6 Å². The van der Waals surface area contributed by atoms with Gasteiger partial charge in [0.05, 0.1) is 13.7 Å². The molecular formula is C20H22N2O4S. The van der Waals surface area contributed by atoms with Crippen molar-refractivity contribution in [1.29, 1.82) is 0 Å². The van der Waals surface area contributed by atoms with Gasteiger partial charge in [0.1, 0.15) is 22.8 Å². The van der Waals surface area contributed by atoms with Gasteiger partial charge in [0.25, 0.3) is 0 Å². The van der Waals surface area contributed by atoms with Gasteiger partial charge in [-0.1, -0.05) is 19.1 Å². The van der Waals surface area contributed by atoms with Crippen molar-refractivity contribution in [3.05, 3.63) is 53.0 Å². The summed E-state index contributed by atoms with van der Waals surface area (Å²) in [5.41, 5.74) is 1.36. The van der Waals surface area contributed by atoms with E-state index in [1.807, 2.05) is 35.7 Å². The molecule has 0 saturated heterocycles. The highest BCUT2D eigenvalue weighted by atomic mass is 32.1. The average Bonchev–Trinajstić information content (AvgIpc) is 3.27. The van der Waals surface area contributed by atoms with Crippen molar-refractivity contribution in [2.45, 2.75) is 26.4 Å². The summed E-state index contributed by atoms with van der Waals surface area (Å²) in [6, 6.07) is 11.3. The van der Waals surface area contributed by atoms with Gasteiger partial charge in [-0.25, -0.2) is 4.79 Å². The third kappa shape index (κ3) is 4.49. The highest BCUT2D eigenvalue weighted by Crippen LogP contribution is 2.25. The topological polar surface area (TPSA) is 69.6 Å². The maximum atomic E-state index is 12.4. The van der Waals surface area contributed by atoms with Crippen LogP contribution in [-0.4, -0.2) is 30.2 Å². The summed E-state index contributed by atoms with van der Waals surface area (Å²) < 4.78 is 12.1. The third-order valence-corrected chi connectivity index (χ3v) is 5.04. The Bertz CT molecular complexity index is 927. The van der Waals surface area contributed by atoms with Crippen LogP contribution in [0.15, 0.2) is 41.8 Å². The van der Waals surface area contributed by atoms with Gasteiger partial charge in [-0.05, 0) is 41.6 Å². The first kappa shape index (κ1) is 19.0. The lowest BCUT2D eigenvalue weighted by Crippen LogP contribution is -2.28. The van der Waals surface area contributed by atoms with Crippen LogP contribution in [0, 0.1) is 0 Å². The Balaban J connectivity index is 1.63. The van der Waals surface area contributed by atoms with E-state index in [0.29, 0.717) is 18.8 Å². The Labute approximate surface area is 161 Å². The van der Waals surface area contributed by atoms with Crippen molar-refractivity contribution in [2.24, 2.45) is 0 Å². The van der Waals surface area contributed by atoms with Crippen molar-refractivity contribution >= 4 is 33.4 Å². The summed E-state index contributed by atoms with van der Waals surface area (Å²) in [4.78, 5) is 25.3. The quantitative estimate of drug-likeness (QED) is 0.601. The molecule has 3 rings (SSSR count). The molecule has 1 N–H and O–H groups in total. The second kappa shape index (κ2) is 8.73. The van der Waals surface area contributed by atoms with Gasteiger partial charge in [-0.15, -0.1) is 11.3 Å². The van der Waals surface area contributed by atoms with Gasteiger partial charge in [0.15, 0.2) is 0 Å². The predicted molar refractivity (Wildman–Crippen MR) is 105 cm³/mol. The summed E-state index contributed by atoms with van der Waals surface area (Å²) >= 11 is 1.49. The van der Waals surface area contributed by atoms with E-state index in [1.165, 1.54) is 18.4 Å². The van der Waals surface area contributed by atoms with Crippen LogP contribution < -0.4 is 10.1 Å². The monoisotopic (exact) mass is 386 g/mol. The number of nitrogens with zero attached hydrogens (tertiary/aromatic N) is 1. The molecule has 0 radical (unpaired) electrons. The zero-order valence-electron chi connectivity index (χ0n) is 15.4. The largest absolute Gasteiger partial charge is 0.494 e. The number of thiophene rings is 1. The number of carbonyl (C=O) groups is 2. The number of ether oxygens (including phenoxy) is 2. The smallest absolute Gasteiger partial charge is 0.354 e.